The van der Waals surface area contributed by atoms with E-state index in [-0.39, 0.29) is 47.7 Å². The summed E-state index contributed by atoms with van der Waals surface area (Å²) in [5.74, 6) is 0.0751. The fourth-order valence-corrected chi connectivity index (χ4v) is 4.44. The molecule has 0 aromatic heterocycles. The summed E-state index contributed by atoms with van der Waals surface area (Å²) in [6.45, 7) is 2.71. The molecule has 2 atom stereocenters. The highest BCUT2D eigenvalue weighted by atomic mass is 35.5. The molecule has 26 heavy (non-hydrogen) atoms. The normalized spacial score (nSPS) is 26.4. The van der Waals surface area contributed by atoms with Gasteiger partial charge in [0.15, 0.2) is 0 Å². The van der Waals surface area contributed by atoms with Crippen LogP contribution in [0.1, 0.15) is 43.7 Å². The predicted octanol–water partition coefficient (Wildman–Crippen LogP) is 2.95. The number of rotatable bonds is 4. The van der Waals surface area contributed by atoms with Crippen molar-refractivity contribution in [2.45, 2.75) is 56.5 Å². The first-order valence-corrected chi connectivity index (χ1v) is 9.15. The van der Waals surface area contributed by atoms with Crippen LogP contribution in [0.3, 0.4) is 0 Å². The Hall–Kier alpha value is -0.810. The quantitative estimate of drug-likeness (QED) is 0.814. The second-order valence-electron chi connectivity index (χ2n) is 8.26. The molecule has 0 heterocycles. The van der Waals surface area contributed by atoms with Crippen LogP contribution >= 0.6 is 24.8 Å². The zero-order valence-electron chi connectivity index (χ0n) is 16.1. The van der Waals surface area contributed by atoms with Crippen molar-refractivity contribution < 1.29 is 4.79 Å². The van der Waals surface area contributed by atoms with Gasteiger partial charge in [0, 0.05) is 17.6 Å². The van der Waals surface area contributed by atoms with Crippen molar-refractivity contribution in [3.8, 4) is 0 Å². The van der Waals surface area contributed by atoms with E-state index in [1.54, 1.807) is 0 Å². The number of halogens is 2. The third-order valence-electron chi connectivity index (χ3n) is 6.27. The molecule has 0 spiro atoms. The molecule has 0 bridgehead atoms. The van der Waals surface area contributed by atoms with E-state index in [1.165, 1.54) is 11.1 Å². The van der Waals surface area contributed by atoms with Crippen LogP contribution in [0.5, 0.6) is 0 Å². The summed E-state index contributed by atoms with van der Waals surface area (Å²) in [5.41, 5.74) is 8.81. The first kappa shape index (κ1) is 23.2. The van der Waals surface area contributed by atoms with Gasteiger partial charge in [0.25, 0.3) is 0 Å². The molecular weight excluding hydrogens is 369 g/mol. The van der Waals surface area contributed by atoms with E-state index in [2.05, 4.69) is 48.6 Å². The highest BCUT2D eigenvalue weighted by molar-refractivity contribution is 5.85. The van der Waals surface area contributed by atoms with Crippen LogP contribution in [0, 0.1) is 5.92 Å². The Labute approximate surface area is 170 Å². The van der Waals surface area contributed by atoms with Crippen molar-refractivity contribution in [2.75, 3.05) is 20.6 Å². The SMILES string of the molecule is CN(C)C1(CNC(=O)C2CCCCC2(C)N)Cc2ccccc2C1.Cl.Cl. The van der Waals surface area contributed by atoms with E-state index < -0.39 is 0 Å². The van der Waals surface area contributed by atoms with Gasteiger partial charge in [-0.15, -0.1) is 24.8 Å². The molecule has 2 aliphatic carbocycles. The van der Waals surface area contributed by atoms with E-state index in [0.717, 1.165) is 38.5 Å². The van der Waals surface area contributed by atoms with Crippen LogP contribution in [-0.2, 0) is 17.6 Å². The third-order valence-corrected chi connectivity index (χ3v) is 6.27. The molecule has 2 aliphatic rings. The molecular formula is C20H33Cl2N3O. The molecule has 2 unspecified atom stereocenters. The minimum atomic E-state index is -0.369. The van der Waals surface area contributed by atoms with Crippen LogP contribution in [0.25, 0.3) is 0 Å². The number of likely N-dealkylation sites (N-methyl/N-ethyl adjacent to an activating group) is 1. The highest BCUT2D eigenvalue weighted by Gasteiger charge is 2.42. The van der Waals surface area contributed by atoms with Gasteiger partial charge in [-0.1, -0.05) is 37.1 Å². The van der Waals surface area contributed by atoms with E-state index in [1.807, 2.05) is 6.92 Å². The van der Waals surface area contributed by atoms with Gasteiger partial charge in [-0.3, -0.25) is 4.79 Å². The standard InChI is InChI=1S/C20H31N3O.2ClH/c1-19(21)11-7-6-10-17(19)18(24)22-14-20(23(2)3)12-15-8-4-5-9-16(15)13-20;;/h4-5,8-9,17H,6-7,10-14,21H2,1-3H3,(H,22,24);2*1H. The zero-order valence-corrected chi connectivity index (χ0v) is 17.7. The number of nitrogens with zero attached hydrogens (tertiary/aromatic N) is 1. The molecule has 0 aliphatic heterocycles. The predicted molar refractivity (Wildman–Crippen MR) is 112 cm³/mol. The molecule has 1 fully saturated rings. The van der Waals surface area contributed by atoms with Gasteiger partial charge < -0.3 is 16.0 Å². The Morgan fingerprint density at radius 1 is 1.19 bits per heavy atom. The first-order chi connectivity index (χ1) is 11.3. The molecule has 148 valence electrons. The molecule has 1 amide bonds. The van der Waals surface area contributed by atoms with Gasteiger partial charge >= 0.3 is 0 Å². The van der Waals surface area contributed by atoms with Gasteiger partial charge in [-0.2, -0.15) is 0 Å². The Morgan fingerprint density at radius 3 is 2.27 bits per heavy atom. The Kier molecular flexibility index (Phi) is 7.97. The maximum Gasteiger partial charge on any atom is 0.225 e. The Morgan fingerprint density at radius 2 is 1.77 bits per heavy atom. The lowest BCUT2D eigenvalue weighted by Gasteiger charge is -2.40. The zero-order chi connectivity index (χ0) is 17.4. The number of nitrogens with one attached hydrogen (secondary N) is 1. The van der Waals surface area contributed by atoms with Crippen LogP contribution in [-0.4, -0.2) is 42.5 Å². The fourth-order valence-electron chi connectivity index (χ4n) is 4.44. The topological polar surface area (TPSA) is 58.4 Å². The summed E-state index contributed by atoms with van der Waals surface area (Å²) in [6, 6.07) is 8.62. The van der Waals surface area contributed by atoms with Gasteiger partial charge in [0.2, 0.25) is 5.91 Å². The number of hydrogen-bond donors (Lipinski definition) is 2. The summed E-state index contributed by atoms with van der Waals surface area (Å²) < 4.78 is 0. The molecule has 3 N–H and O–H groups in total. The van der Waals surface area contributed by atoms with Gasteiger partial charge in [0.05, 0.1) is 5.92 Å². The largest absolute Gasteiger partial charge is 0.354 e. The number of benzene rings is 1. The molecule has 6 heteroatoms. The molecule has 3 rings (SSSR count). The Bertz CT molecular complexity index is 594. The van der Waals surface area contributed by atoms with Crippen LogP contribution in [0.4, 0.5) is 0 Å². The van der Waals surface area contributed by atoms with Crippen molar-refractivity contribution in [3.05, 3.63) is 35.4 Å². The van der Waals surface area contributed by atoms with Crippen molar-refractivity contribution in [1.82, 2.24) is 10.2 Å². The first-order valence-electron chi connectivity index (χ1n) is 9.15. The maximum absolute atomic E-state index is 12.8. The van der Waals surface area contributed by atoms with Crippen molar-refractivity contribution in [3.63, 3.8) is 0 Å². The molecule has 0 radical (unpaired) electrons. The summed E-state index contributed by atoms with van der Waals surface area (Å²) in [4.78, 5) is 15.1. The van der Waals surface area contributed by atoms with Crippen LogP contribution < -0.4 is 11.1 Å². The lowest BCUT2D eigenvalue weighted by Crippen LogP contribution is -2.57. The second kappa shape index (κ2) is 8.92. The van der Waals surface area contributed by atoms with Crippen molar-refractivity contribution >= 4 is 30.7 Å². The number of amides is 1. The number of hydrogen-bond acceptors (Lipinski definition) is 3. The lowest BCUT2D eigenvalue weighted by atomic mass is 9.74. The summed E-state index contributed by atoms with van der Waals surface area (Å²) in [7, 11) is 4.23. The van der Waals surface area contributed by atoms with Gasteiger partial charge in [0.1, 0.15) is 0 Å². The lowest BCUT2D eigenvalue weighted by molar-refractivity contribution is -0.128. The van der Waals surface area contributed by atoms with Crippen molar-refractivity contribution in [1.29, 1.82) is 0 Å². The van der Waals surface area contributed by atoms with Gasteiger partial charge in [-0.05, 0) is 57.8 Å². The summed E-state index contributed by atoms with van der Waals surface area (Å²) in [5, 5.41) is 3.25. The van der Waals surface area contributed by atoms with E-state index in [0.29, 0.717) is 6.54 Å². The number of fused-ring (bicyclic) bond motifs is 1. The molecule has 0 saturated heterocycles. The average Bonchev–Trinajstić information content (AvgIpc) is 2.92. The van der Waals surface area contributed by atoms with Crippen LogP contribution in [0.2, 0.25) is 0 Å². The Balaban J connectivity index is 0.00000169. The monoisotopic (exact) mass is 401 g/mol. The van der Waals surface area contributed by atoms with Crippen LogP contribution in [0.15, 0.2) is 24.3 Å². The smallest absolute Gasteiger partial charge is 0.225 e. The number of carbonyl (C=O) groups is 1. The summed E-state index contributed by atoms with van der Waals surface area (Å²) >= 11 is 0. The maximum atomic E-state index is 12.8. The minimum absolute atomic E-state index is 0. The average molecular weight is 402 g/mol. The second-order valence-corrected chi connectivity index (χ2v) is 8.26. The number of nitrogens with two attached hydrogens (primary N) is 1. The van der Waals surface area contributed by atoms with E-state index in [4.69, 9.17) is 5.73 Å². The summed E-state index contributed by atoms with van der Waals surface area (Å²) in [6.07, 6.45) is 6.06. The molecule has 4 nitrogen and oxygen atoms in total. The van der Waals surface area contributed by atoms with Gasteiger partial charge in [-0.25, -0.2) is 0 Å². The highest BCUT2D eigenvalue weighted by Crippen LogP contribution is 2.34. The molecule has 1 saturated carbocycles. The minimum Gasteiger partial charge on any atom is -0.354 e. The fraction of sp³-hybridized carbons (Fsp3) is 0.650. The van der Waals surface area contributed by atoms with Crippen molar-refractivity contribution in [2.24, 2.45) is 11.7 Å². The van der Waals surface area contributed by atoms with E-state index in [9.17, 15) is 4.79 Å². The third kappa shape index (κ3) is 4.53. The van der Waals surface area contributed by atoms with E-state index >= 15 is 0 Å². The molecule has 1 aromatic carbocycles. The number of carbonyl (C=O) groups excluding carboxylic acids is 1. The molecule has 1 aromatic rings.